The molecular weight excluding hydrogens is 264 g/mol. The fourth-order valence-corrected chi connectivity index (χ4v) is 2.65. The molecule has 1 fully saturated rings. The molecule has 1 aliphatic heterocycles. The summed E-state index contributed by atoms with van der Waals surface area (Å²) in [6, 6.07) is 8.30. The third kappa shape index (κ3) is 5.14. The van der Waals surface area contributed by atoms with E-state index in [1.165, 1.54) is 11.1 Å². The summed E-state index contributed by atoms with van der Waals surface area (Å²) in [6.07, 6.45) is 2.22. The molecule has 0 saturated carbocycles. The molecule has 2 rings (SSSR count). The number of nitrogens with one attached hydrogen (secondary N) is 1. The number of rotatable bonds is 6. The van der Waals surface area contributed by atoms with Gasteiger partial charge in [0.1, 0.15) is 6.61 Å². The molecule has 0 aliphatic carbocycles. The highest BCUT2D eigenvalue weighted by molar-refractivity contribution is 5.77. The third-order valence-electron chi connectivity index (χ3n) is 3.92. The van der Waals surface area contributed by atoms with Crippen LogP contribution in [0.5, 0.6) is 0 Å². The van der Waals surface area contributed by atoms with Crippen LogP contribution in [0.3, 0.4) is 0 Å². The van der Waals surface area contributed by atoms with Crippen molar-refractivity contribution in [2.75, 3.05) is 26.2 Å². The lowest BCUT2D eigenvalue weighted by molar-refractivity contribution is -0.139. The van der Waals surface area contributed by atoms with Crippen LogP contribution in [-0.2, 0) is 16.1 Å². The number of aryl methyl sites for hydroxylation is 1. The highest BCUT2D eigenvalue weighted by Gasteiger charge is 2.17. The van der Waals surface area contributed by atoms with Gasteiger partial charge in [0.05, 0.1) is 6.10 Å². The first kappa shape index (κ1) is 16.0. The molecule has 4 heteroatoms. The summed E-state index contributed by atoms with van der Waals surface area (Å²) >= 11 is 0. The number of piperidine rings is 1. The van der Waals surface area contributed by atoms with Gasteiger partial charge in [-0.3, -0.25) is 4.79 Å². The van der Waals surface area contributed by atoms with Gasteiger partial charge < -0.3 is 15.0 Å². The van der Waals surface area contributed by atoms with Gasteiger partial charge >= 0.3 is 0 Å². The molecule has 0 spiro atoms. The van der Waals surface area contributed by atoms with Crippen molar-refractivity contribution in [3.05, 3.63) is 35.4 Å². The van der Waals surface area contributed by atoms with Crippen molar-refractivity contribution < 1.29 is 9.53 Å². The number of carbonyl (C=O) groups excluding carboxylic acids is 1. The van der Waals surface area contributed by atoms with E-state index < -0.39 is 0 Å². The summed E-state index contributed by atoms with van der Waals surface area (Å²) in [6.45, 7) is 7.62. The maximum atomic E-state index is 12.3. The largest absolute Gasteiger partial charge is 0.368 e. The summed E-state index contributed by atoms with van der Waals surface area (Å²) in [5.74, 6) is 0.0811. The zero-order chi connectivity index (χ0) is 15.1. The van der Waals surface area contributed by atoms with Crippen LogP contribution in [0.1, 0.15) is 30.9 Å². The lowest BCUT2D eigenvalue weighted by Crippen LogP contribution is -2.37. The van der Waals surface area contributed by atoms with Gasteiger partial charge in [0.15, 0.2) is 0 Å². The summed E-state index contributed by atoms with van der Waals surface area (Å²) in [5, 5.41) is 3.30. The van der Waals surface area contributed by atoms with E-state index in [4.69, 9.17) is 4.74 Å². The van der Waals surface area contributed by atoms with E-state index in [-0.39, 0.29) is 18.6 Å². The van der Waals surface area contributed by atoms with Crippen molar-refractivity contribution >= 4 is 5.91 Å². The maximum Gasteiger partial charge on any atom is 0.248 e. The van der Waals surface area contributed by atoms with Crippen LogP contribution in [0.25, 0.3) is 0 Å². The van der Waals surface area contributed by atoms with Gasteiger partial charge in [0.2, 0.25) is 5.91 Å². The van der Waals surface area contributed by atoms with E-state index in [9.17, 15) is 4.79 Å². The summed E-state index contributed by atoms with van der Waals surface area (Å²) in [4.78, 5) is 14.1. The van der Waals surface area contributed by atoms with E-state index in [1.54, 1.807) is 0 Å². The Morgan fingerprint density at radius 1 is 1.38 bits per heavy atom. The predicted molar refractivity (Wildman–Crippen MR) is 84.1 cm³/mol. The van der Waals surface area contributed by atoms with Gasteiger partial charge in [-0.05, 0) is 45.3 Å². The molecule has 0 atom stereocenters. The second-order valence-electron chi connectivity index (χ2n) is 5.66. The lowest BCUT2D eigenvalue weighted by Gasteiger charge is -2.25. The third-order valence-corrected chi connectivity index (χ3v) is 3.92. The molecule has 0 unspecified atom stereocenters. The molecule has 1 aromatic carbocycles. The Labute approximate surface area is 127 Å². The van der Waals surface area contributed by atoms with Crippen LogP contribution < -0.4 is 5.32 Å². The van der Waals surface area contributed by atoms with Crippen LogP contribution in [-0.4, -0.2) is 43.2 Å². The number of amides is 1. The smallest absolute Gasteiger partial charge is 0.248 e. The molecule has 4 nitrogen and oxygen atoms in total. The monoisotopic (exact) mass is 290 g/mol. The molecule has 1 amide bonds. The summed E-state index contributed by atoms with van der Waals surface area (Å²) < 4.78 is 5.76. The van der Waals surface area contributed by atoms with Crippen LogP contribution >= 0.6 is 0 Å². The molecule has 1 heterocycles. The molecule has 1 saturated heterocycles. The van der Waals surface area contributed by atoms with Crippen molar-refractivity contribution in [2.24, 2.45) is 0 Å². The second kappa shape index (κ2) is 8.15. The minimum absolute atomic E-state index is 0.0811. The Kier molecular flexibility index (Phi) is 6.21. The van der Waals surface area contributed by atoms with Gasteiger partial charge in [-0.25, -0.2) is 0 Å². The number of likely N-dealkylation sites (N-methyl/N-ethyl adjacent to an activating group) is 1. The van der Waals surface area contributed by atoms with Crippen molar-refractivity contribution in [3.63, 3.8) is 0 Å². The van der Waals surface area contributed by atoms with Crippen molar-refractivity contribution in [3.8, 4) is 0 Å². The molecule has 0 bridgehead atoms. The Morgan fingerprint density at radius 2 is 2.14 bits per heavy atom. The van der Waals surface area contributed by atoms with E-state index in [1.807, 2.05) is 17.9 Å². The average Bonchev–Trinajstić information content (AvgIpc) is 2.51. The first-order valence-corrected chi connectivity index (χ1v) is 7.84. The molecule has 1 aliphatic rings. The van der Waals surface area contributed by atoms with Gasteiger partial charge in [-0.15, -0.1) is 0 Å². The fraction of sp³-hybridized carbons (Fsp3) is 0.588. The molecule has 1 aromatic rings. The minimum Gasteiger partial charge on any atom is -0.368 e. The maximum absolute atomic E-state index is 12.3. The molecule has 0 radical (unpaired) electrons. The second-order valence-corrected chi connectivity index (χ2v) is 5.66. The number of carbonyl (C=O) groups is 1. The highest BCUT2D eigenvalue weighted by atomic mass is 16.5. The normalized spacial score (nSPS) is 15.9. The number of benzene rings is 1. The predicted octanol–water partition coefficient (Wildman–Crippen LogP) is 2.11. The summed E-state index contributed by atoms with van der Waals surface area (Å²) in [5.41, 5.74) is 2.40. The van der Waals surface area contributed by atoms with Crippen molar-refractivity contribution in [2.45, 2.75) is 39.3 Å². The molecule has 1 N–H and O–H groups in total. The fourth-order valence-electron chi connectivity index (χ4n) is 2.65. The minimum atomic E-state index is 0.0811. The molecule has 0 aromatic heterocycles. The van der Waals surface area contributed by atoms with Gasteiger partial charge in [-0.1, -0.05) is 29.8 Å². The molecule has 21 heavy (non-hydrogen) atoms. The molecule has 116 valence electrons. The Morgan fingerprint density at radius 3 is 2.81 bits per heavy atom. The Hall–Kier alpha value is -1.39. The lowest BCUT2D eigenvalue weighted by atomic mass is 10.1. The number of ether oxygens (including phenoxy) is 1. The van der Waals surface area contributed by atoms with Gasteiger partial charge in [0.25, 0.3) is 0 Å². The van der Waals surface area contributed by atoms with E-state index in [2.05, 4.69) is 30.4 Å². The average molecular weight is 290 g/mol. The number of nitrogens with zero attached hydrogens (tertiary/aromatic N) is 1. The van der Waals surface area contributed by atoms with Crippen LogP contribution in [0.15, 0.2) is 24.3 Å². The number of hydrogen-bond acceptors (Lipinski definition) is 3. The van der Waals surface area contributed by atoms with Crippen LogP contribution in [0, 0.1) is 6.92 Å². The first-order chi connectivity index (χ1) is 10.2. The van der Waals surface area contributed by atoms with E-state index in [0.29, 0.717) is 13.1 Å². The highest BCUT2D eigenvalue weighted by Crippen LogP contribution is 2.10. The Bertz CT molecular complexity index is 456. The quantitative estimate of drug-likeness (QED) is 0.872. The van der Waals surface area contributed by atoms with E-state index in [0.717, 1.165) is 25.9 Å². The van der Waals surface area contributed by atoms with Gasteiger partial charge in [0, 0.05) is 13.1 Å². The standard InChI is InChI=1S/C17H26N2O2/c1-3-19(12-15-6-4-5-14(2)11-15)17(20)13-21-16-7-9-18-10-8-16/h4-6,11,16,18H,3,7-10,12-13H2,1-2H3. The first-order valence-electron chi connectivity index (χ1n) is 7.84. The zero-order valence-electron chi connectivity index (χ0n) is 13.1. The van der Waals surface area contributed by atoms with Crippen LogP contribution in [0.2, 0.25) is 0 Å². The number of hydrogen-bond donors (Lipinski definition) is 1. The van der Waals surface area contributed by atoms with Crippen molar-refractivity contribution in [1.82, 2.24) is 10.2 Å². The molecular formula is C17H26N2O2. The van der Waals surface area contributed by atoms with Crippen molar-refractivity contribution in [1.29, 1.82) is 0 Å². The summed E-state index contributed by atoms with van der Waals surface area (Å²) in [7, 11) is 0. The van der Waals surface area contributed by atoms with Gasteiger partial charge in [-0.2, -0.15) is 0 Å². The SMILES string of the molecule is CCN(Cc1cccc(C)c1)C(=O)COC1CCNCC1. The topological polar surface area (TPSA) is 41.6 Å². The zero-order valence-corrected chi connectivity index (χ0v) is 13.1. The van der Waals surface area contributed by atoms with E-state index >= 15 is 0 Å². The van der Waals surface area contributed by atoms with Crippen LogP contribution in [0.4, 0.5) is 0 Å². The Balaban J connectivity index is 1.83.